The van der Waals surface area contributed by atoms with Crippen LogP contribution >= 0.6 is 0 Å². The highest BCUT2D eigenvalue weighted by atomic mass is 16.6. The van der Waals surface area contributed by atoms with Crippen LogP contribution in [0.5, 0.6) is 11.5 Å². The van der Waals surface area contributed by atoms with Crippen molar-refractivity contribution in [2.24, 2.45) is 5.92 Å². The molecule has 0 aromatic heterocycles. The SMILES string of the molecule is C=CCc1cc(C=O)cc(OC)c1OC(=O)CC(C)C. The van der Waals surface area contributed by atoms with Gasteiger partial charge < -0.3 is 9.47 Å². The fourth-order valence-electron chi connectivity index (χ4n) is 1.82. The minimum Gasteiger partial charge on any atom is -0.493 e. The second-order valence-electron chi connectivity index (χ2n) is 4.89. The number of rotatable bonds is 7. The summed E-state index contributed by atoms with van der Waals surface area (Å²) >= 11 is 0. The molecule has 1 aromatic carbocycles. The summed E-state index contributed by atoms with van der Waals surface area (Å²) in [6.45, 7) is 7.55. The molecule has 0 amide bonds. The molecule has 0 atom stereocenters. The molecule has 0 heterocycles. The number of benzene rings is 1. The number of allylic oxidation sites excluding steroid dienone is 1. The number of hydrogen-bond acceptors (Lipinski definition) is 4. The molecule has 0 N–H and O–H groups in total. The maximum atomic E-state index is 11.8. The van der Waals surface area contributed by atoms with Crippen molar-refractivity contribution in [3.63, 3.8) is 0 Å². The Morgan fingerprint density at radius 1 is 1.40 bits per heavy atom. The Balaban J connectivity index is 3.16. The summed E-state index contributed by atoms with van der Waals surface area (Å²) in [5, 5.41) is 0. The third-order valence-corrected chi connectivity index (χ3v) is 2.67. The van der Waals surface area contributed by atoms with Crippen LogP contribution in [-0.4, -0.2) is 19.4 Å². The van der Waals surface area contributed by atoms with Crippen molar-refractivity contribution in [2.45, 2.75) is 26.7 Å². The fraction of sp³-hybridized carbons (Fsp3) is 0.375. The van der Waals surface area contributed by atoms with Gasteiger partial charge in [-0.05, 0) is 24.5 Å². The van der Waals surface area contributed by atoms with Gasteiger partial charge in [0.2, 0.25) is 0 Å². The van der Waals surface area contributed by atoms with E-state index in [1.807, 2.05) is 13.8 Å². The zero-order chi connectivity index (χ0) is 15.1. The van der Waals surface area contributed by atoms with Crippen molar-refractivity contribution in [1.29, 1.82) is 0 Å². The molecule has 0 bridgehead atoms. The lowest BCUT2D eigenvalue weighted by molar-refractivity contribution is -0.135. The van der Waals surface area contributed by atoms with Crippen molar-refractivity contribution in [1.82, 2.24) is 0 Å². The van der Waals surface area contributed by atoms with Gasteiger partial charge >= 0.3 is 5.97 Å². The monoisotopic (exact) mass is 276 g/mol. The topological polar surface area (TPSA) is 52.6 Å². The minimum absolute atomic E-state index is 0.214. The summed E-state index contributed by atoms with van der Waals surface area (Å²) in [6.07, 6.45) is 3.23. The second-order valence-corrected chi connectivity index (χ2v) is 4.89. The van der Waals surface area contributed by atoms with Crippen LogP contribution in [-0.2, 0) is 11.2 Å². The van der Waals surface area contributed by atoms with Crippen molar-refractivity contribution in [2.75, 3.05) is 7.11 Å². The van der Waals surface area contributed by atoms with Gasteiger partial charge in [-0.2, -0.15) is 0 Å². The molecule has 0 saturated heterocycles. The number of hydrogen-bond donors (Lipinski definition) is 0. The standard InChI is InChI=1S/C16H20O4/c1-5-6-13-8-12(10-17)9-14(19-4)16(13)20-15(18)7-11(2)3/h5,8-11H,1,6-7H2,2-4H3. The molecular weight excluding hydrogens is 256 g/mol. The van der Waals surface area contributed by atoms with Crippen LogP contribution < -0.4 is 9.47 Å². The number of esters is 1. The number of ether oxygens (including phenoxy) is 2. The maximum absolute atomic E-state index is 11.8. The van der Waals surface area contributed by atoms with Gasteiger partial charge in [0.1, 0.15) is 6.29 Å². The lowest BCUT2D eigenvalue weighted by Gasteiger charge is -2.14. The lowest BCUT2D eigenvalue weighted by Crippen LogP contribution is -2.13. The summed E-state index contributed by atoms with van der Waals surface area (Å²) in [5.74, 6) is 0.639. The summed E-state index contributed by atoms with van der Waals surface area (Å²) in [4.78, 5) is 22.7. The van der Waals surface area contributed by atoms with Gasteiger partial charge in [-0.3, -0.25) is 9.59 Å². The fourth-order valence-corrected chi connectivity index (χ4v) is 1.82. The van der Waals surface area contributed by atoms with Crippen molar-refractivity contribution in [3.8, 4) is 11.5 Å². The van der Waals surface area contributed by atoms with Crippen LogP contribution in [0.3, 0.4) is 0 Å². The molecular formula is C16H20O4. The second kappa shape index (κ2) is 7.48. The molecule has 0 fully saturated rings. The summed E-state index contributed by atoms with van der Waals surface area (Å²) in [6, 6.07) is 3.23. The molecule has 0 unspecified atom stereocenters. The first-order valence-electron chi connectivity index (χ1n) is 6.49. The third-order valence-electron chi connectivity index (χ3n) is 2.67. The molecule has 4 nitrogen and oxygen atoms in total. The van der Waals surface area contributed by atoms with Crippen LogP contribution in [0, 0.1) is 5.92 Å². The Bertz CT molecular complexity index is 503. The first-order chi connectivity index (χ1) is 9.51. The van der Waals surface area contributed by atoms with E-state index in [2.05, 4.69) is 6.58 Å². The number of methoxy groups -OCH3 is 1. The van der Waals surface area contributed by atoms with Crippen molar-refractivity contribution in [3.05, 3.63) is 35.9 Å². The molecule has 0 radical (unpaired) electrons. The summed E-state index contributed by atoms with van der Waals surface area (Å²) in [5.41, 5.74) is 1.18. The number of carbonyl (C=O) groups is 2. The highest BCUT2D eigenvalue weighted by Gasteiger charge is 2.16. The van der Waals surface area contributed by atoms with Gasteiger partial charge in [0.15, 0.2) is 11.5 Å². The van der Waals surface area contributed by atoms with E-state index in [1.165, 1.54) is 7.11 Å². The van der Waals surface area contributed by atoms with E-state index in [4.69, 9.17) is 9.47 Å². The molecule has 1 aromatic rings. The van der Waals surface area contributed by atoms with Crippen LogP contribution in [0.1, 0.15) is 36.2 Å². The van der Waals surface area contributed by atoms with Crippen LogP contribution in [0.2, 0.25) is 0 Å². The Morgan fingerprint density at radius 2 is 2.10 bits per heavy atom. The first kappa shape index (κ1) is 16.0. The largest absolute Gasteiger partial charge is 0.493 e. The smallest absolute Gasteiger partial charge is 0.311 e. The van der Waals surface area contributed by atoms with Gasteiger partial charge in [0.05, 0.1) is 7.11 Å². The van der Waals surface area contributed by atoms with E-state index in [-0.39, 0.29) is 11.9 Å². The van der Waals surface area contributed by atoms with Gasteiger partial charge in [0.25, 0.3) is 0 Å². The predicted molar refractivity (Wildman–Crippen MR) is 77.4 cm³/mol. The van der Waals surface area contributed by atoms with E-state index in [1.54, 1.807) is 18.2 Å². The predicted octanol–water partition coefficient (Wildman–Crippen LogP) is 3.19. The Morgan fingerprint density at radius 3 is 2.60 bits per heavy atom. The Hall–Kier alpha value is -2.10. The van der Waals surface area contributed by atoms with E-state index < -0.39 is 0 Å². The van der Waals surface area contributed by atoms with E-state index in [0.29, 0.717) is 35.5 Å². The molecule has 0 aliphatic carbocycles. The van der Waals surface area contributed by atoms with Gasteiger partial charge in [0, 0.05) is 17.5 Å². The first-order valence-corrected chi connectivity index (χ1v) is 6.49. The van der Waals surface area contributed by atoms with Crippen LogP contribution in [0.4, 0.5) is 0 Å². The van der Waals surface area contributed by atoms with E-state index >= 15 is 0 Å². The normalized spacial score (nSPS) is 10.2. The number of aldehydes is 1. The van der Waals surface area contributed by atoms with Crippen molar-refractivity contribution >= 4 is 12.3 Å². The molecule has 0 aliphatic heterocycles. The van der Waals surface area contributed by atoms with Crippen LogP contribution in [0.15, 0.2) is 24.8 Å². The quantitative estimate of drug-likeness (QED) is 0.332. The molecule has 20 heavy (non-hydrogen) atoms. The average molecular weight is 276 g/mol. The third kappa shape index (κ3) is 4.23. The van der Waals surface area contributed by atoms with Gasteiger partial charge in [-0.25, -0.2) is 0 Å². The lowest BCUT2D eigenvalue weighted by atomic mass is 10.1. The zero-order valence-electron chi connectivity index (χ0n) is 12.1. The summed E-state index contributed by atoms with van der Waals surface area (Å²) in [7, 11) is 1.47. The Kier molecular flexibility index (Phi) is 5.97. The Labute approximate surface area is 119 Å². The molecule has 0 aliphatic rings. The highest BCUT2D eigenvalue weighted by Crippen LogP contribution is 2.33. The highest BCUT2D eigenvalue weighted by molar-refractivity contribution is 5.79. The van der Waals surface area contributed by atoms with E-state index in [0.717, 1.165) is 6.29 Å². The summed E-state index contributed by atoms with van der Waals surface area (Å²) < 4.78 is 10.6. The maximum Gasteiger partial charge on any atom is 0.311 e. The molecule has 0 saturated carbocycles. The van der Waals surface area contributed by atoms with Crippen molar-refractivity contribution < 1.29 is 19.1 Å². The average Bonchev–Trinajstić information content (AvgIpc) is 2.39. The van der Waals surface area contributed by atoms with Gasteiger partial charge in [-0.15, -0.1) is 6.58 Å². The van der Waals surface area contributed by atoms with Crippen LogP contribution in [0.25, 0.3) is 0 Å². The number of carbonyl (C=O) groups excluding carboxylic acids is 2. The minimum atomic E-state index is -0.317. The molecule has 0 spiro atoms. The molecule has 4 heteroatoms. The molecule has 108 valence electrons. The zero-order valence-corrected chi connectivity index (χ0v) is 12.1. The van der Waals surface area contributed by atoms with E-state index in [9.17, 15) is 9.59 Å². The van der Waals surface area contributed by atoms with Gasteiger partial charge in [-0.1, -0.05) is 19.9 Å². The molecule has 1 rings (SSSR count).